The topological polar surface area (TPSA) is 45.4 Å². The molecule has 1 aromatic heterocycles. The standard InChI is InChI=1S/C13H23NO2/c1-5-6-13(4,9-15)14-8-12-7-10(2)16-11(12)3/h7,14-15H,5-6,8-9H2,1-4H3. The van der Waals surface area contributed by atoms with Crippen molar-refractivity contribution in [2.24, 2.45) is 0 Å². The molecule has 0 spiro atoms. The Kier molecular flexibility index (Phi) is 4.56. The molecule has 0 bridgehead atoms. The van der Waals surface area contributed by atoms with E-state index in [0.717, 1.165) is 30.9 Å². The molecule has 1 heterocycles. The number of furan rings is 1. The zero-order valence-electron chi connectivity index (χ0n) is 10.8. The molecule has 2 N–H and O–H groups in total. The Morgan fingerprint density at radius 1 is 1.44 bits per heavy atom. The number of hydrogen-bond acceptors (Lipinski definition) is 3. The second kappa shape index (κ2) is 5.51. The summed E-state index contributed by atoms with van der Waals surface area (Å²) >= 11 is 0. The highest BCUT2D eigenvalue weighted by molar-refractivity contribution is 5.20. The molecule has 0 aromatic carbocycles. The molecular weight excluding hydrogens is 202 g/mol. The minimum atomic E-state index is -0.188. The van der Waals surface area contributed by atoms with Gasteiger partial charge >= 0.3 is 0 Å². The van der Waals surface area contributed by atoms with Crippen LogP contribution in [0.15, 0.2) is 10.5 Å². The van der Waals surface area contributed by atoms with E-state index >= 15 is 0 Å². The Balaban J connectivity index is 2.59. The Labute approximate surface area is 97.9 Å². The van der Waals surface area contributed by atoms with E-state index in [1.54, 1.807) is 0 Å². The molecule has 0 radical (unpaired) electrons. The lowest BCUT2D eigenvalue weighted by Crippen LogP contribution is -2.45. The minimum Gasteiger partial charge on any atom is -0.466 e. The van der Waals surface area contributed by atoms with Gasteiger partial charge in [-0.15, -0.1) is 0 Å². The molecule has 1 rings (SSSR count). The van der Waals surface area contributed by atoms with Crippen LogP contribution in [0, 0.1) is 13.8 Å². The van der Waals surface area contributed by atoms with Crippen LogP contribution in [0.4, 0.5) is 0 Å². The van der Waals surface area contributed by atoms with Gasteiger partial charge in [0.25, 0.3) is 0 Å². The van der Waals surface area contributed by atoms with Crippen LogP contribution in [-0.4, -0.2) is 17.3 Å². The van der Waals surface area contributed by atoms with Gasteiger partial charge in [0.15, 0.2) is 0 Å². The van der Waals surface area contributed by atoms with Gasteiger partial charge in [-0.05, 0) is 33.3 Å². The summed E-state index contributed by atoms with van der Waals surface area (Å²) in [6, 6.07) is 2.05. The lowest BCUT2D eigenvalue weighted by atomic mass is 9.97. The number of aliphatic hydroxyl groups is 1. The van der Waals surface area contributed by atoms with Crippen LogP contribution in [0.1, 0.15) is 43.8 Å². The zero-order valence-corrected chi connectivity index (χ0v) is 10.8. The van der Waals surface area contributed by atoms with Crippen LogP contribution >= 0.6 is 0 Å². The van der Waals surface area contributed by atoms with Gasteiger partial charge in [-0.3, -0.25) is 0 Å². The Morgan fingerprint density at radius 3 is 2.56 bits per heavy atom. The summed E-state index contributed by atoms with van der Waals surface area (Å²) in [6.45, 7) is 9.02. The van der Waals surface area contributed by atoms with Crippen molar-refractivity contribution >= 4 is 0 Å². The van der Waals surface area contributed by atoms with E-state index in [2.05, 4.69) is 19.2 Å². The summed E-state index contributed by atoms with van der Waals surface area (Å²) < 4.78 is 5.47. The van der Waals surface area contributed by atoms with Gasteiger partial charge in [0.05, 0.1) is 6.61 Å². The molecule has 1 unspecified atom stereocenters. The molecule has 0 saturated heterocycles. The molecule has 1 aromatic rings. The van der Waals surface area contributed by atoms with Crippen LogP contribution in [0.5, 0.6) is 0 Å². The van der Waals surface area contributed by atoms with E-state index < -0.39 is 0 Å². The summed E-state index contributed by atoms with van der Waals surface area (Å²) in [4.78, 5) is 0. The van der Waals surface area contributed by atoms with E-state index in [1.165, 1.54) is 5.56 Å². The molecule has 0 aliphatic rings. The van der Waals surface area contributed by atoms with Crippen LogP contribution < -0.4 is 5.32 Å². The van der Waals surface area contributed by atoms with Crippen LogP contribution in [-0.2, 0) is 6.54 Å². The summed E-state index contributed by atoms with van der Waals surface area (Å²) in [5.74, 6) is 1.90. The van der Waals surface area contributed by atoms with E-state index in [9.17, 15) is 5.11 Å². The van der Waals surface area contributed by atoms with Gasteiger partial charge in [0.2, 0.25) is 0 Å². The first-order valence-corrected chi connectivity index (χ1v) is 5.92. The van der Waals surface area contributed by atoms with Gasteiger partial charge < -0.3 is 14.8 Å². The van der Waals surface area contributed by atoms with Crippen molar-refractivity contribution < 1.29 is 9.52 Å². The third kappa shape index (κ3) is 3.35. The molecule has 0 aliphatic heterocycles. The highest BCUT2D eigenvalue weighted by Crippen LogP contribution is 2.16. The van der Waals surface area contributed by atoms with Gasteiger partial charge in [-0.2, -0.15) is 0 Å². The normalized spacial score (nSPS) is 15.1. The lowest BCUT2D eigenvalue weighted by molar-refractivity contribution is 0.163. The quantitative estimate of drug-likeness (QED) is 0.782. The van der Waals surface area contributed by atoms with Crippen LogP contribution in [0.3, 0.4) is 0 Å². The third-order valence-corrected chi connectivity index (χ3v) is 3.00. The maximum Gasteiger partial charge on any atom is 0.105 e. The molecule has 3 nitrogen and oxygen atoms in total. The lowest BCUT2D eigenvalue weighted by Gasteiger charge is -2.28. The zero-order chi connectivity index (χ0) is 12.2. The van der Waals surface area contributed by atoms with Gasteiger partial charge in [-0.25, -0.2) is 0 Å². The largest absolute Gasteiger partial charge is 0.466 e. The van der Waals surface area contributed by atoms with E-state index in [-0.39, 0.29) is 12.1 Å². The summed E-state index contributed by atoms with van der Waals surface area (Å²) in [5, 5.41) is 12.8. The predicted molar refractivity (Wildman–Crippen MR) is 65.4 cm³/mol. The SMILES string of the molecule is CCCC(C)(CO)NCc1cc(C)oc1C. The fourth-order valence-electron chi connectivity index (χ4n) is 1.94. The maximum atomic E-state index is 9.38. The van der Waals surface area contributed by atoms with Gasteiger partial charge in [-0.1, -0.05) is 13.3 Å². The van der Waals surface area contributed by atoms with Crippen molar-refractivity contribution in [3.63, 3.8) is 0 Å². The number of rotatable bonds is 6. The molecule has 92 valence electrons. The Bertz CT molecular complexity index is 333. The fourth-order valence-corrected chi connectivity index (χ4v) is 1.94. The van der Waals surface area contributed by atoms with Gasteiger partial charge in [0, 0.05) is 17.6 Å². The van der Waals surface area contributed by atoms with Crippen molar-refractivity contribution in [2.75, 3.05) is 6.61 Å². The van der Waals surface area contributed by atoms with E-state index in [0.29, 0.717) is 0 Å². The number of nitrogens with one attached hydrogen (secondary N) is 1. The molecule has 0 saturated carbocycles. The van der Waals surface area contributed by atoms with Crippen LogP contribution in [0.2, 0.25) is 0 Å². The second-order valence-corrected chi connectivity index (χ2v) is 4.76. The minimum absolute atomic E-state index is 0.163. The summed E-state index contributed by atoms with van der Waals surface area (Å²) in [5.41, 5.74) is 0.986. The Morgan fingerprint density at radius 2 is 2.12 bits per heavy atom. The average molecular weight is 225 g/mol. The first-order chi connectivity index (χ1) is 7.50. The highest BCUT2D eigenvalue weighted by atomic mass is 16.3. The molecule has 3 heteroatoms. The number of aliphatic hydroxyl groups excluding tert-OH is 1. The maximum absolute atomic E-state index is 9.38. The molecule has 0 aliphatic carbocycles. The summed E-state index contributed by atoms with van der Waals surface area (Å²) in [6.07, 6.45) is 2.03. The monoisotopic (exact) mass is 225 g/mol. The van der Waals surface area contributed by atoms with E-state index in [1.807, 2.05) is 19.9 Å². The molecule has 0 fully saturated rings. The smallest absolute Gasteiger partial charge is 0.105 e. The first kappa shape index (κ1) is 13.3. The number of hydrogen-bond donors (Lipinski definition) is 2. The fraction of sp³-hybridized carbons (Fsp3) is 0.692. The van der Waals surface area contributed by atoms with Crippen molar-refractivity contribution in [1.82, 2.24) is 5.32 Å². The predicted octanol–water partition coefficient (Wildman–Crippen LogP) is 2.54. The average Bonchev–Trinajstić information content (AvgIpc) is 2.55. The first-order valence-electron chi connectivity index (χ1n) is 5.92. The van der Waals surface area contributed by atoms with Crippen LogP contribution in [0.25, 0.3) is 0 Å². The molecular formula is C13H23NO2. The van der Waals surface area contributed by atoms with Crippen molar-refractivity contribution in [3.8, 4) is 0 Å². The van der Waals surface area contributed by atoms with Crippen molar-refractivity contribution in [3.05, 3.63) is 23.2 Å². The summed E-state index contributed by atoms with van der Waals surface area (Å²) in [7, 11) is 0. The molecule has 1 atom stereocenters. The van der Waals surface area contributed by atoms with E-state index in [4.69, 9.17) is 4.42 Å². The number of aryl methyl sites for hydroxylation is 2. The van der Waals surface area contributed by atoms with Crippen molar-refractivity contribution in [2.45, 2.75) is 52.6 Å². The van der Waals surface area contributed by atoms with Crippen molar-refractivity contribution in [1.29, 1.82) is 0 Å². The third-order valence-electron chi connectivity index (χ3n) is 3.00. The Hall–Kier alpha value is -0.800. The molecule has 16 heavy (non-hydrogen) atoms. The molecule has 0 amide bonds. The van der Waals surface area contributed by atoms with Gasteiger partial charge in [0.1, 0.15) is 11.5 Å². The second-order valence-electron chi connectivity index (χ2n) is 4.76. The highest BCUT2D eigenvalue weighted by Gasteiger charge is 2.21.